The molecule has 118 valence electrons. The van der Waals surface area contributed by atoms with Gasteiger partial charge in [0, 0.05) is 12.1 Å². The lowest BCUT2D eigenvalue weighted by atomic mass is 9.92. The van der Waals surface area contributed by atoms with Crippen LogP contribution in [-0.2, 0) is 0 Å². The molecule has 21 heavy (non-hydrogen) atoms. The van der Waals surface area contributed by atoms with Gasteiger partial charge in [-0.05, 0) is 66.2 Å². The maximum Gasteiger partial charge on any atom is 0.133 e. The highest BCUT2D eigenvalue weighted by molar-refractivity contribution is 9.10. The van der Waals surface area contributed by atoms with Crippen LogP contribution in [-0.4, -0.2) is 13.2 Å². The van der Waals surface area contributed by atoms with E-state index in [4.69, 9.17) is 4.74 Å². The van der Waals surface area contributed by atoms with Gasteiger partial charge in [-0.3, -0.25) is 0 Å². The van der Waals surface area contributed by atoms with Crippen LogP contribution in [0.1, 0.15) is 64.0 Å². The van der Waals surface area contributed by atoms with Crippen LogP contribution in [0.5, 0.6) is 5.75 Å². The molecule has 2 nitrogen and oxygen atoms in total. The quantitative estimate of drug-likeness (QED) is 0.708. The number of nitrogens with one attached hydrogen (secondary N) is 1. The van der Waals surface area contributed by atoms with Crippen molar-refractivity contribution < 1.29 is 4.74 Å². The van der Waals surface area contributed by atoms with Crippen LogP contribution < -0.4 is 10.1 Å². The molecule has 2 atom stereocenters. The predicted octanol–water partition coefficient (Wildman–Crippen LogP) is 5.47. The van der Waals surface area contributed by atoms with Crippen molar-refractivity contribution in [1.29, 1.82) is 0 Å². The molecule has 1 saturated carbocycles. The average molecular weight is 354 g/mol. The molecule has 0 aromatic heterocycles. The molecule has 0 heterocycles. The first-order valence-electron chi connectivity index (χ1n) is 8.21. The molecule has 1 unspecified atom stereocenters. The van der Waals surface area contributed by atoms with Crippen LogP contribution in [0.4, 0.5) is 0 Å². The van der Waals surface area contributed by atoms with Gasteiger partial charge in [0.05, 0.1) is 11.6 Å². The second-order valence-electron chi connectivity index (χ2n) is 6.32. The average Bonchev–Trinajstić information content (AvgIpc) is 2.76. The Balaban J connectivity index is 1.96. The molecule has 0 amide bonds. The minimum Gasteiger partial charge on any atom is -0.496 e. The van der Waals surface area contributed by atoms with E-state index in [9.17, 15) is 0 Å². The number of halogens is 1. The van der Waals surface area contributed by atoms with Crippen LogP contribution >= 0.6 is 15.9 Å². The predicted molar refractivity (Wildman–Crippen MR) is 92.9 cm³/mol. The summed E-state index contributed by atoms with van der Waals surface area (Å²) in [6.07, 6.45) is 8.41. The Morgan fingerprint density at radius 1 is 1.14 bits per heavy atom. The van der Waals surface area contributed by atoms with Crippen molar-refractivity contribution in [2.75, 3.05) is 7.11 Å². The van der Waals surface area contributed by atoms with E-state index >= 15 is 0 Å². The molecule has 0 spiro atoms. The number of rotatable bonds is 5. The first kappa shape index (κ1) is 16.8. The Morgan fingerprint density at radius 2 is 1.81 bits per heavy atom. The third-order valence-electron chi connectivity index (χ3n) is 4.80. The summed E-state index contributed by atoms with van der Waals surface area (Å²) in [5.41, 5.74) is 1.31. The monoisotopic (exact) mass is 353 g/mol. The lowest BCUT2D eigenvalue weighted by Crippen LogP contribution is -2.35. The summed E-state index contributed by atoms with van der Waals surface area (Å²) >= 11 is 3.58. The van der Waals surface area contributed by atoms with Crippen molar-refractivity contribution in [2.45, 2.75) is 64.5 Å². The van der Waals surface area contributed by atoms with Gasteiger partial charge in [-0.25, -0.2) is 0 Å². The molecule has 0 bridgehead atoms. The van der Waals surface area contributed by atoms with E-state index in [-0.39, 0.29) is 0 Å². The molecule has 1 aromatic rings. The second-order valence-corrected chi connectivity index (χ2v) is 7.18. The maximum atomic E-state index is 5.30. The Kier molecular flexibility index (Phi) is 6.56. The van der Waals surface area contributed by atoms with E-state index in [2.05, 4.69) is 47.2 Å². The molecule has 1 aliphatic carbocycles. The van der Waals surface area contributed by atoms with E-state index in [1.54, 1.807) is 7.11 Å². The second kappa shape index (κ2) is 8.19. The summed E-state index contributed by atoms with van der Waals surface area (Å²) < 4.78 is 6.33. The molecule has 1 N–H and O–H groups in total. The van der Waals surface area contributed by atoms with Gasteiger partial charge in [0.15, 0.2) is 0 Å². The highest BCUT2D eigenvalue weighted by Crippen LogP contribution is 2.30. The van der Waals surface area contributed by atoms with E-state index in [1.807, 2.05) is 6.07 Å². The molecule has 0 aliphatic heterocycles. The molecule has 1 fully saturated rings. The largest absolute Gasteiger partial charge is 0.496 e. The minimum atomic E-state index is 0.366. The number of methoxy groups -OCH3 is 1. The van der Waals surface area contributed by atoms with Crippen molar-refractivity contribution in [1.82, 2.24) is 5.32 Å². The fourth-order valence-corrected chi connectivity index (χ4v) is 3.95. The molecular formula is C18H28BrNO. The van der Waals surface area contributed by atoms with Crippen molar-refractivity contribution in [3.8, 4) is 5.75 Å². The normalized spacial score (nSPS) is 19.8. The minimum absolute atomic E-state index is 0.366. The van der Waals surface area contributed by atoms with Gasteiger partial charge < -0.3 is 10.1 Å². The Morgan fingerprint density at radius 3 is 2.38 bits per heavy atom. The van der Waals surface area contributed by atoms with Crippen LogP contribution in [0.25, 0.3) is 0 Å². The van der Waals surface area contributed by atoms with Crippen LogP contribution in [0, 0.1) is 5.92 Å². The zero-order chi connectivity index (χ0) is 15.2. The Labute approximate surface area is 137 Å². The summed E-state index contributed by atoms with van der Waals surface area (Å²) in [4.78, 5) is 0. The van der Waals surface area contributed by atoms with Gasteiger partial charge in [-0.2, -0.15) is 0 Å². The molecule has 3 heteroatoms. The fraction of sp³-hybridized carbons (Fsp3) is 0.667. The number of hydrogen-bond donors (Lipinski definition) is 1. The van der Waals surface area contributed by atoms with E-state index in [0.29, 0.717) is 12.1 Å². The van der Waals surface area contributed by atoms with Crippen LogP contribution in [0.15, 0.2) is 22.7 Å². The maximum absolute atomic E-state index is 5.30. The first-order valence-corrected chi connectivity index (χ1v) is 9.00. The molecule has 2 rings (SSSR count). The standard InChI is InChI=1S/C18H28BrNO/c1-13(15-8-6-4-5-7-9-15)20-14(2)16-10-11-18(21-3)17(19)12-16/h10-15,20H,4-9H2,1-3H3/t13-,14?/m0/s1. The molecule has 0 radical (unpaired) electrons. The lowest BCUT2D eigenvalue weighted by Gasteiger charge is -2.27. The van der Waals surface area contributed by atoms with Crippen LogP contribution in [0.2, 0.25) is 0 Å². The van der Waals surface area contributed by atoms with Gasteiger partial charge >= 0.3 is 0 Å². The molecular weight excluding hydrogens is 326 g/mol. The zero-order valence-corrected chi connectivity index (χ0v) is 15.1. The number of benzene rings is 1. The Bertz CT molecular complexity index is 441. The third-order valence-corrected chi connectivity index (χ3v) is 5.42. The number of hydrogen-bond acceptors (Lipinski definition) is 2. The van der Waals surface area contributed by atoms with Gasteiger partial charge in [-0.1, -0.05) is 31.7 Å². The Hall–Kier alpha value is -0.540. The lowest BCUT2D eigenvalue weighted by molar-refractivity contribution is 0.316. The van der Waals surface area contributed by atoms with Crippen molar-refractivity contribution >= 4 is 15.9 Å². The van der Waals surface area contributed by atoms with Crippen molar-refractivity contribution in [3.05, 3.63) is 28.2 Å². The van der Waals surface area contributed by atoms with Gasteiger partial charge in [0.25, 0.3) is 0 Å². The van der Waals surface area contributed by atoms with E-state index in [0.717, 1.165) is 16.1 Å². The smallest absolute Gasteiger partial charge is 0.133 e. The molecule has 1 aliphatic rings. The van der Waals surface area contributed by atoms with E-state index in [1.165, 1.54) is 44.1 Å². The summed E-state index contributed by atoms with van der Waals surface area (Å²) in [6.45, 7) is 4.60. The highest BCUT2D eigenvalue weighted by atomic mass is 79.9. The van der Waals surface area contributed by atoms with Crippen molar-refractivity contribution in [2.24, 2.45) is 5.92 Å². The topological polar surface area (TPSA) is 21.3 Å². The zero-order valence-electron chi connectivity index (χ0n) is 13.5. The van der Waals surface area contributed by atoms with Gasteiger partial charge in [0.2, 0.25) is 0 Å². The van der Waals surface area contributed by atoms with Gasteiger partial charge in [0.1, 0.15) is 5.75 Å². The number of ether oxygens (including phenoxy) is 1. The summed E-state index contributed by atoms with van der Waals surface area (Å²) in [5.74, 6) is 1.72. The summed E-state index contributed by atoms with van der Waals surface area (Å²) in [6, 6.07) is 7.30. The van der Waals surface area contributed by atoms with Crippen molar-refractivity contribution in [3.63, 3.8) is 0 Å². The molecule has 1 aromatic carbocycles. The summed E-state index contributed by atoms with van der Waals surface area (Å²) in [7, 11) is 1.70. The highest BCUT2D eigenvalue weighted by Gasteiger charge is 2.21. The third kappa shape index (κ3) is 4.72. The van der Waals surface area contributed by atoms with Crippen LogP contribution in [0.3, 0.4) is 0 Å². The SMILES string of the molecule is COc1ccc(C(C)N[C@@H](C)C2CCCCCC2)cc1Br. The first-order chi connectivity index (χ1) is 10.1. The fourth-order valence-electron chi connectivity index (χ4n) is 3.39. The van der Waals surface area contributed by atoms with Gasteiger partial charge in [-0.15, -0.1) is 0 Å². The molecule has 0 saturated heterocycles. The van der Waals surface area contributed by atoms with E-state index < -0.39 is 0 Å². The summed E-state index contributed by atoms with van der Waals surface area (Å²) in [5, 5.41) is 3.80.